The number of nitrogens with one attached hydrogen (secondary N) is 2. The Balaban J connectivity index is 2.31. The molecule has 1 rings (SSSR count). The molecule has 0 fully saturated rings. The summed E-state index contributed by atoms with van der Waals surface area (Å²) in [5, 5.41) is 2.87. The molecular weight excluding hydrogens is 240 g/mol. The Kier molecular flexibility index (Phi) is 6.02. The molecule has 5 heteroatoms. The van der Waals surface area contributed by atoms with Gasteiger partial charge in [0.2, 0.25) is 5.91 Å². The van der Waals surface area contributed by atoms with E-state index in [1.165, 1.54) is 0 Å². The lowest BCUT2D eigenvalue weighted by Crippen LogP contribution is -2.27. The van der Waals surface area contributed by atoms with Crippen LogP contribution in [0.1, 0.15) is 45.9 Å². The lowest BCUT2D eigenvalue weighted by molar-refractivity contribution is -0.121. The average molecular weight is 266 g/mol. The van der Waals surface area contributed by atoms with Crippen molar-refractivity contribution < 1.29 is 4.79 Å². The molecule has 4 N–H and O–H groups in total. The van der Waals surface area contributed by atoms with Gasteiger partial charge in [0, 0.05) is 18.8 Å². The highest BCUT2D eigenvalue weighted by atomic mass is 16.1. The van der Waals surface area contributed by atoms with Crippen LogP contribution in [0.25, 0.3) is 0 Å². The van der Waals surface area contributed by atoms with E-state index in [1.54, 1.807) is 12.4 Å². The van der Waals surface area contributed by atoms with E-state index in [4.69, 9.17) is 5.73 Å². The summed E-state index contributed by atoms with van der Waals surface area (Å²) < 4.78 is 0. The van der Waals surface area contributed by atoms with E-state index in [2.05, 4.69) is 36.1 Å². The number of aromatic amines is 1. The molecule has 0 spiro atoms. The van der Waals surface area contributed by atoms with Gasteiger partial charge in [-0.05, 0) is 30.7 Å². The molecule has 0 radical (unpaired) electrons. The minimum atomic E-state index is 0.0719. The molecule has 19 heavy (non-hydrogen) atoms. The lowest BCUT2D eigenvalue weighted by atomic mass is 9.76. The molecular formula is C14H26N4O. The van der Waals surface area contributed by atoms with Crippen LogP contribution in [0.4, 0.5) is 0 Å². The maximum Gasteiger partial charge on any atom is 0.220 e. The molecule has 1 atom stereocenters. The Hall–Kier alpha value is -1.36. The fraction of sp³-hybridized carbons (Fsp3) is 0.714. The maximum atomic E-state index is 11.8. The summed E-state index contributed by atoms with van der Waals surface area (Å²) in [6.07, 6.45) is 5.82. The molecule has 1 heterocycles. The van der Waals surface area contributed by atoms with Crippen molar-refractivity contribution in [1.82, 2.24) is 15.3 Å². The maximum absolute atomic E-state index is 11.8. The van der Waals surface area contributed by atoms with Gasteiger partial charge in [-0.1, -0.05) is 20.8 Å². The van der Waals surface area contributed by atoms with E-state index >= 15 is 0 Å². The van der Waals surface area contributed by atoms with Gasteiger partial charge in [-0.3, -0.25) is 4.79 Å². The molecule has 1 aromatic heterocycles. The molecule has 0 aliphatic rings. The number of nitrogens with two attached hydrogens (primary N) is 1. The first-order valence-electron chi connectivity index (χ1n) is 6.88. The van der Waals surface area contributed by atoms with Gasteiger partial charge >= 0.3 is 0 Å². The predicted molar refractivity (Wildman–Crippen MR) is 76.3 cm³/mol. The zero-order valence-corrected chi connectivity index (χ0v) is 12.2. The standard InChI is InChI=1S/C14H26N4O/c1-14(2,3)11(6-7-15)4-5-13(19)18-10-12-16-8-9-17-12/h8-9,11H,4-7,10,15H2,1-3H3,(H,16,17)(H,18,19). The van der Waals surface area contributed by atoms with Crippen LogP contribution in [0.2, 0.25) is 0 Å². The third kappa shape index (κ3) is 5.87. The highest BCUT2D eigenvalue weighted by molar-refractivity contribution is 5.75. The van der Waals surface area contributed by atoms with E-state index < -0.39 is 0 Å². The van der Waals surface area contributed by atoms with Crippen molar-refractivity contribution >= 4 is 5.91 Å². The predicted octanol–water partition coefficient (Wildman–Crippen LogP) is 1.82. The first-order chi connectivity index (χ1) is 8.93. The third-order valence-corrected chi connectivity index (χ3v) is 3.47. The van der Waals surface area contributed by atoms with Crippen LogP contribution in [-0.4, -0.2) is 22.4 Å². The topological polar surface area (TPSA) is 83.8 Å². The van der Waals surface area contributed by atoms with Gasteiger partial charge in [0.05, 0.1) is 6.54 Å². The minimum absolute atomic E-state index is 0.0719. The van der Waals surface area contributed by atoms with Crippen LogP contribution in [0.15, 0.2) is 12.4 Å². The molecule has 5 nitrogen and oxygen atoms in total. The number of carbonyl (C=O) groups excluding carboxylic acids is 1. The molecule has 0 bridgehead atoms. The van der Waals surface area contributed by atoms with Gasteiger partial charge < -0.3 is 16.0 Å². The third-order valence-electron chi connectivity index (χ3n) is 3.47. The second kappa shape index (κ2) is 7.28. The Morgan fingerprint density at radius 1 is 1.47 bits per heavy atom. The molecule has 0 aliphatic carbocycles. The highest BCUT2D eigenvalue weighted by Gasteiger charge is 2.24. The van der Waals surface area contributed by atoms with Crippen LogP contribution in [0.5, 0.6) is 0 Å². The Morgan fingerprint density at radius 3 is 2.74 bits per heavy atom. The van der Waals surface area contributed by atoms with E-state index in [9.17, 15) is 4.79 Å². The SMILES string of the molecule is CC(C)(C)C(CCN)CCC(=O)NCc1ncc[nH]1. The quantitative estimate of drug-likeness (QED) is 0.704. The van der Waals surface area contributed by atoms with Crippen molar-refractivity contribution in [2.75, 3.05) is 6.54 Å². The van der Waals surface area contributed by atoms with Crippen molar-refractivity contribution in [1.29, 1.82) is 0 Å². The number of imidazole rings is 1. The summed E-state index contributed by atoms with van der Waals surface area (Å²) in [5.74, 6) is 1.33. The number of aromatic nitrogens is 2. The number of rotatable bonds is 7. The van der Waals surface area contributed by atoms with E-state index in [0.29, 0.717) is 25.4 Å². The number of carbonyl (C=O) groups is 1. The van der Waals surface area contributed by atoms with Crippen molar-refractivity contribution in [2.24, 2.45) is 17.1 Å². The molecule has 0 aromatic carbocycles. The molecule has 108 valence electrons. The Bertz CT molecular complexity index is 367. The summed E-state index contributed by atoms with van der Waals surface area (Å²) in [7, 11) is 0. The van der Waals surface area contributed by atoms with Crippen LogP contribution in [0, 0.1) is 11.3 Å². The second-order valence-electron chi connectivity index (χ2n) is 5.99. The number of hydrogen-bond acceptors (Lipinski definition) is 3. The zero-order valence-electron chi connectivity index (χ0n) is 12.2. The number of H-pyrrole nitrogens is 1. The van der Waals surface area contributed by atoms with Crippen molar-refractivity contribution in [3.63, 3.8) is 0 Å². The summed E-state index contributed by atoms with van der Waals surface area (Å²) in [6.45, 7) is 7.75. The van der Waals surface area contributed by atoms with E-state index in [1.807, 2.05) is 0 Å². The molecule has 0 saturated heterocycles. The fourth-order valence-electron chi connectivity index (χ4n) is 2.18. The molecule has 0 aliphatic heterocycles. The van der Waals surface area contributed by atoms with Crippen molar-refractivity contribution in [2.45, 2.75) is 46.6 Å². The summed E-state index contributed by atoms with van der Waals surface area (Å²) >= 11 is 0. The van der Waals surface area contributed by atoms with Crippen LogP contribution in [0.3, 0.4) is 0 Å². The molecule has 1 amide bonds. The Morgan fingerprint density at radius 2 is 2.21 bits per heavy atom. The highest BCUT2D eigenvalue weighted by Crippen LogP contribution is 2.31. The molecule has 0 saturated carbocycles. The summed E-state index contributed by atoms with van der Waals surface area (Å²) in [6, 6.07) is 0. The number of nitrogens with zero attached hydrogens (tertiary/aromatic N) is 1. The van der Waals surface area contributed by atoms with Gasteiger partial charge in [0.1, 0.15) is 5.82 Å². The van der Waals surface area contributed by atoms with Crippen LogP contribution in [-0.2, 0) is 11.3 Å². The number of hydrogen-bond donors (Lipinski definition) is 3. The number of amides is 1. The summed E-state index contributed by atoms with van der Waals surface area (Å²) in [4.78, 5) is 18.8. The first-order valence-corrected chi connectivity index (χ1v) is 6.88. The smallest absolute Gasteiger partial charge is 0.220 e. The molecule has 1 unspecified atom stereocenters. The van der Waals surface area contributed by atoms with Crippen LogP contribution >= 0.6 is 0 Å². The van der Waals surface area contributed by atoms with Gasteiger partial charge in [0.25, 0.3) is 0 Å². The summed E-state index contributed by atoms with van der Waals surface area (Å²) in [5.41, 5.74) is 5.84. The first kappa shape index (κ1) is 15.7. The van der Waals surface area contributed by atoms with Crippen molar-refractivity contribution in [3.05, 3.63) is 18.2 Å². The largest absolute Gasteiger partial charge is 0.349 e. The van der Waals surface area contributed by atoms with Gasteiger partial charge in [-0.2, -0.15) is 0 Å². The Labute approximate surface area is 115 Å². The molecule has 1 aromatic rings. The second-order valence-corrected chi connectivity index (χ2v) is 5.99. The van der Waals surface area contributed by atoms with Gasteiger partial charge in [-0.25, -0.2) is 4.98 Å². The van der Waals surface area contributed by atoms with Crippen molar-refractivity contribution in [3.8, 4) is 0 Å². The lowest BCUT2D eigenvalue weighted by Gasteiger charge is -2.30. The minimum Gasteiger partial charge on any atom is -0.349 e. The monoisotopic (exact) mass is 266 g/mol. The van der Waals surface area contributed by atoms with Crippen LogP contribution < -0.4 is 11.1 Å². The zero-order chi connectivity index (χ0) is 14.3. The van der Waals surface area contributed by atoms with Gasteiger partial charge in [-0.15, -0.1) is 0 Å². The average Bonchev–Trinajstić information content (AvgIpc) is 2.83. The fourth-order valence-corrected chi connectivity index (χ4v) is 2.18. The van der Waals surface area contributed by atoms with E-state index in [0.717, 1.165) is 18.7 Å². The normalized spacial score (nSPS) is 13.3. The van der Waals surface area contributed by atoms with Gasteiger partial charge in [0.15, 0.2) is 0 Å². The van der Waals surface area contributed by atoms with E-state index in [-0.39, 0.29) is 11.3 Å².